The van der Waals surface area contributed by atoms with Crippen LogP contribution in [0.4, 0.5) is 0 Å². The van der Waals surface area contributed by atoms with Crippen molar-refractivity contribution in [1.29, 1.82) is 0 Å². The number of carbonyl (C=O) groups excluding carboxylic acids is 2. The molecule has 0 atom stereocenters. The Kier molecular flexibility index (Phi) is 5.35. The predicted molar refractivity (Wildman–Crippen MR) is 106 cm³/mol. The van der Waals surface area contributed by atoms with Crippen molar-refractivity contribution in [3.05, 3.63) is 53.4 Å². The molecular formula is C19H18N4O2S2. The average molecular weight is 399 g/mol. The highest BCUT2D eigenvalue weighted by atomic mass is 32.2. The predicted octanol–water partition coefficient (Wildman–Crippen LogP) is 3.30. The summed E-state index contributed by atoms with van der Waals surface area (Å²) in [7, 11) is 0. The van der Waals surface area contributed by atoms with E-state index in [-0.39, 0.29) is 11.8 Å². The first-order valence-corrected chi connectivity index (χ1v) is 10.6. The highest BCUT2D eigenvalue weighted by molar-refractivity contribution is 7.99. The molecule has 0 N–H and O–H groups in total. The molecule has 1 aromatic carbocycles. The van der Waals surface area contributed by atoms with Crippen LogP contribution in [-0.2, 0) is 16.1 Å². The number of amides is 2. The van der Waals surface area contributed by atoms with Crippen LogP contribution in [0.25, 0.3) is 10.7 Å². The summed E-state index contributed by atoms with van der Waals surface area (Å²) >= 11 is 3.15. The second kappa shape index (κ2) is 8.06. The lowest BCUT2D eigenvalue weighted by atomic mass is 10.2. The van der Waals surface area contributed by atoms with E-state index < -0.39 is 0 Å². The van der Waals surface area contributed by atoms with Crippen molar-refractivity contribution in [3.8, 4) is 10.7 Å². The maximum absolute atomic E-state index is 11.8. The van der Waals surface area contributed by atoms with Crippen molar-refractivity contribution in [2.45, 2.75) is 24.5 Å². The molecule has 0 bridgehead atoms. The number of carbonyl (C=O) groups is 2. The Morgan fingerprint density at radius 3 is 2.48 bits per heavy atom. The minimum absolute atomic E-state index is 0.0781. The number of nitrogens with zero attached hydrogens (tertiary/aromatic N) is 4. The third-order valence-corrected chi connectivity index (χ3v) is 6.16. The van der Waals surface area contributed by atoms with Crippen molar-refractivity contribution in [2.24, 2.45) is 0 Å². The summed E-state index contributed by atoms with van der Waals surface area (Å²) < 4.78 is 2.10. The van der Waals surface area contributed by atoms with Gasteiger partial charge < -0.3 is 0 Å². The Labute approximate surface area is 165 Å². The molecule has 1 aliphatic rings. The molecule has 2 amide bonds. The Balaban J connectivity index is 1.53. The SMILES string of the molecule is O=C1CCC(=O)N1CCSc1nnc(-c2cccs2)n1Cc1ccccc1. The van der Waals surface area contributed by atoms with E-state index in [2.05, 4.69) is 26.9 Å². The third kappa shape index (κ3) is 3.96. The monoisotopic (exact) mass is 398 g/mol. The summed E-state index contributed by atoms with van der Waals surface area (Å²) in [5.41, 5.74) is 1.17. The highest BCUT2D eigenvalue weighted by Crippen LogP contribution is 2.28. The van der Waals surface area contributed by atoms with Crippen molar-refractivity contribution < 1.29 is 9.59 Å². The van der Waals surface area contributed by atoms with E-state index >= 15 is 0 Å². The fourth-order valence-electron chi connectivity index (χ4n) is 2.99. The van der Waals surface area contributed by atoms with Gasteiger partial charge in [0.1, 0.15) is 0 Å². The van der Waals surface area contributed by atoms with Crippen LogP contribution in [0.3, 0.4) is 0 Å². The van der Waals surface area contributed by atoms with Crippen LogP contribution in [-0.4, -0.2) is 43.8 Å². The van der Waals surface area contributed by atoms with Gasteiger partial charge in [0.15, 0.2) is 11.0 Å². The molecule has 6 nitrogen and oxygen atoms in total. The molecule has 0 unspecified atom stereocenters. The first-order valence-electron chi connectivity index (χ1n) is 8.69. The molecule has 3 aromatic rings. The van der Waals surface area contributed by atoms with Gasteiger partial charge in [-0.3, -0.25) is 19.1 Å². The van der Waals surface area contributed by atoms with Crippen LogP contribution in [0.15, 0.2) is 53.0 Å². The van der Waals surface area contributed by atoms with Crippen molar-refractivity contribution in [1.82, 2.24) is 19.7 Å². The first kappa shape index (κ1) is 17.9. The van der Waals surface area contributed by atoms with Gasteiger partial charge in [-0.25, -0.2) is 0 Å². The minimum atomic E-state index is -0.0781. The number of imide groups is 1. The van der Waals surface area contributed by atoms with Gasteiger partial charge >= 0.3 is 0 Å². The Hall–Kier alpha value is -2.45. The van der Waals surface area contributed by atoms with Gasteiger partial charge in [0.05, 0.1) is 11.4 Å². The van der Waals surface area contributed by atoms with E-state index in [4.69, 9.17) is 0 Å². The largest absolute Gasteiger partial charge is 0.297 e. The lowest BCUT2D eigenvalue weighted by Crippen LogP contribution is -2.31. The molecule has 0 spiro atoms. The second-order valence-electron chi connectivity index (χ2n) is 6.14. The van der Waals surface area contributed by atoms with Gasteiger partial charge in [-0.2, -0.15) is 0 Å². The maximum Gasteiger partial charge on any atom is 0.229 e. The zero-order chi connectivity index (χ0) is 18.6. The number of thiophene rings is 1. The Morgan fingerprint density at radius 1 is 1.00 bits per heavy atom. The molecule has 3 heterocycles. The zero-order valence-corrected chi connectivity index (χ0v) is 16.2. The quantitative estimate of drug-likeness (QED) is 0.451. The van der Waals surface area contributed by atoms with Crippen LogP contribution in [0.2, 0.25) is 0 Å². The van der Waals surface area contributed by atoms with E-state index in [0.717, 1.165) is 15.9 Å². The number of aromatic nitrogens is 3. The van der Waals surface area contributed by atoms with Crippen LogP contribution in [0.5, 0.6) is 0 Å². The normalized spacial score (nSPS) is 14.3. The van der Waals surface area contributed by atoms with E-state index in [0.29, 0.717) is 31.7 Å². The lowest BCUT2D eigenvalue weighted by molar-refractivity contribution is -0.137. The summed E-state index contributed by atoms with van der Waals surface area (Å²) in [6.07, 6.45) is 0.659. The third-order valence-electron chi connectivity index (χ3n) is 4.34. The Bertz CT molecular complexity index is 922. The lowest BCUT2D eigenvalue weighted by Gasteiger charge is -2.13. The van der Waals surface area contributed by atoms with Gasteiger partial charge in [0.25, 0.3) is 0 Å². The fraction of sp³-hybridized carbons (Fsp3) is 0.263. The smallest absolute Gasteiger partial charge is 0.229 e. The van der Waals surface area contributed by atoms with E-state index in [1.807, 2.05) is 35.7 Å². The van der Waals surface area contributed by atoms with Crippen LogP contribution in [0.1, 0.15) is 18.4 Å². The van der Waals surface area contributed by atoms with Crippen molar-refractivity contribution in [2.75, 3.05) is 12.3 Å². The molecule has 138 valence electrons. The number of hydrogen-bond donors (Lipinski definition) is 0. The number of likely N-dealkylation sites (tertiary alicyclic amines) is 1. The fourth-order valence-corrected chi connectivity index (χ4v) is 4.57. The summed E-state index contributed by atoms with van der Waals surface area (Å²) in [4.78, 5) is 25.9. The molecule has 8 heteroatoms. The first-order chi connectivity index (χ1) is 13.2. The van der Waals surface area contributed by atoms with E-state index in [1.165, 1.54) is 22.2 Å². The topological polar surface area (TPSA) is 68.1 Å². The van der Waals surface area contributed by atoms with Gasteiger partial charge in [0, 0.05) is 25.1 Å². The number of hydrogen-bond acceptors (Lipinski definition) is 6. The second-order valence-corrected chi connectivity index (χ2v) is 8.15. The van der Waals surface area contributed by atoms with Gasteiger partial charge in [-0.15, -0.1) is 21.5 Å². The summed E-state index contributed by atoms with van der Waals surface area (Å²) in [5.74, 6) is 1.29. The molecule has 1 saturated heterocycles. The molecule has 0 aliphatic carbocycles. The van der Waals surface area contributed by atoms with Crippen LogP contribution in [0, 0.1) is 0 Å². The van der Waals surface area contributed by atoms with Crippen LogP contribution >= 0.6 is 23.1 Å². The molecule has 4 rings (SSSR count). The number of rotatable bonds is 7. The van der Waals surface area contributed by atoms with Crippen molar-refractivity contribution in [3.63, 3.8) is 0 Å². The molecular weight excluding hydrogens is 380 g/mol. The minimum Gasteiger partial charge on any atom is -0.297 e. The zero-order valence-electron chi connectivity index (χ0n) is 14.6. The molecule has 0 radical (unpaired) electrons. The molecule has 1 fully saturated rings. The van der Waals surface area contributed by atoms with Gasteiger partial charge in [-0.1, -0.05) is 48.2 Å². The maximum atomic E-state index is 11.8. The van der Waals surface area contributed by atoms with Crippen molar-refractivity contribution >= 4 is 34.9 Å². The summed E-state index contributed by atoms with van der Waals surface area (Å²) in [5, 5.41) is 11.6. The highest BCUT2D eigenvalue weighted by Gasteiger charge is 2.28. The standard InChI is InChI=1S/C19H18N4O2S2/c24-16-8-9-17(25)22(16)10-12-27-19-21-20-18(15-7-4-11-26-15)23(19)13-14-5-2-1-3-6-14/h1-7,11H,8-10,12-13H2. The van der Waals surface area contributed by atoms with E-state index in [1.54, 1.807) is 11.3 Å². The molecule has 27 heavy (non-hydrogen) atoms. The van der Waals surface area contributed by atoms with Gasteiger partial charge in [0.2, 0.25) is 11.8 Å². The van der Waals surface area contributed by atoms with Crippen LogP contribution < -0.4 is 0 Å². The molecule has 2 aromatic heterocycles. The Morgan fingerprint density at radius 2 is 1.78 bits per heavy atom. The average Bonchev–Trinajstić information content (AvgIpc) is 3.40. The summed E-state index contributed by atoms with van der Waals surface area (Å²) in [6, 6.07) is 14.2. The molecule has 1 aliphatic heterocycles. The number of benzene rings is 1. The van der Waals surface area contributed by atoms with Gasteiger partial charge in [-0.05, 0) is 17.0 Å². The summed E-state index contributed by atoms with van der Waals surface area (Å²) in [6.45, 7) is 1.08. The van der Waals surface area contributed by atoms with E-state index in [9.17, 15) is 9.59 Å². The number of thioether (sulfide) groups is 1. The molecule has 0 saturated carbocycles.